The van der Waals surface area contributed by atoms with Gasteiger partial charge in [0.05, 0.1) is 16.9 Å². The van der Waals surface area contributed by atoms with Gasteiger partial charge in [-0.25, -0.2) is 0 Å². The summed E-state index contributed by atoms with van der Waals surface area (Å²) >= 11 is 0. The van der Waals surface area contributed by atoms with Crippen molar-refractivity contribution in [2.24, 2.45) is 0 Å². The molecule has 6 nitrogen and oxygen atoms in total. The summed E-state index contributed by atoms with van der Waals surface area (Å²) < 4.78 is 39.2. The molecule has 0 bridgehead atoms. The van der Waals surface area contributed by atoms with E-state index in [4.69, 9.17) is 9.31 Å². The number of rotatable bonds is 1. The van der Waals surface area contributed by atoms with Crippen LogP contribution in [0, 0.1) is 0 Å². The van der Waals surface area contributed by atoms with Crippen molar-refractivity contribution in [1.29, 1.82) is 0 Å². The Morgan fingerprint density at radius 3 is 2.22 bits per heavy atom. The van der Waals surface area contributed by atoms with E-state index in [-0.39, 0.29) is 0 Å². The molecule has 2 heterocycles. The zero-order valence-corrected chi connectivity index (χ0v) is 15.3. The van der Waals surface area contributed by atoms with E-state index >= 15 is 0 Å². The van der Waals surface area contributed by atoms with E-state index in [0.29, 0.717) is 12.2 Å². The lowest BCUT2D eigenvalue weighted by Crippen LogP contribution is -2.44. The molecule has 0 radical (unpaired) electrons. The van der Waals surface area contributed by atoms with Crippen molar-refractivity contribution in [3.05, 3.63) is 23.8 Å². The molecule has 0 N–H and O–H groups in total. The molecule has 2 aliphatic rings. The minimum absolute atomic E-state index is 0.343. The van der Waals surface area contributed by atoms with E-state index in [1.54, 1.807) is 14.1 Å². The van der Waals surface area contributed by atoms with Crippen LogP contribution in [-0.2, 0) is 26.1 Å². The highest BCUT2D eigenvalue weighted by molar-refractivity contribution is 7.90. The second-order valence-electron chi connectivity index (χ2n) is 7.21. The minimum Gasteiger partial charge on any atom is -0.399 e. The maximum absolute atomic E-state index is 12.2. The van der Waals surface area contributed by atoms with Crippen LogP contribution in [0.25, 0.3) is 0 Å². The quantitative estimate of drug-likeness (QED) is 0.720. The number of fused-ring (bicyclic) bond motifs is 1. The summed E-state index contributed by atoms with van der Waals surface area (Å²) in [6.07, 6.45) is 0. The Morgan fingerprint density at radius 1 is 1.09 bits per heavy atom. The molecule has 0 aromatic heterocycles. The van der Waals surface area contributed by atoms with Gasteiger partial charge in [0.15, 0.2) is 0 Å². The lowest BCUT2D eigenvalue weighted by atomic mass is 9.78. The van der Waals surface area contributed by atoms with Crippen LogP contribution in [0.2, 0.25) is 0 Å². The molecule has 0 amide bonds. The molecule has 1 aromatic carbocycles. The molecule has 3 rings (SSSR count). The van der Waals surface area contributed by atoms with Gasteiger partial charge in [-0.2, -0.15) is 12.7 Å². The smallest absolute Gasteiger partial charge is 0.399 e. The summed E-state index contributed by atoms with van der Waals surface area (Å²) in [7, 11) is -0.716. The summed E-state index contributed by atoms with van der Waals surface area (Å²) in [5.74, 6) is 0. The first-order chi connectivity index (χ1) is 10.5. The fourth-order valence-electron chi connectivity index (χ4n) is 2.82. The van der Waals surface area contributed by atoms with Crippen LogP contribution in [0.3, 0.4) is 0 Å². The van der Waals surface area contributed by atoms with Gasteiger partial charge in [-0.15, -0.1) is 0 Å². The van der Waals surface area contributed by atoms with Crippen LogP contribution in [0.15, 0.2) is 18.2 Å². The van der Waals surface area contributed by atoms with Crippen molar-refractivity contribution in [2.75, 3.05) is 18.4 Å². The Labute approximate surface area is 138 Å². The number of hydrogen-bond acceptors (Lipinski definition) is 4. The van der Waals surface area contributed by atoms with Crippen molar-refractivity contribution in [2.45, 2.75) is 45.4 Å². The van der Waals surface area contributed by atoms with Crippen LogP contribution in [0.5, 0.6) is 0 Å². The summed E-state index contributed by atoms with van der Waals surface area (Å²) in [6, 6.07) is 5.66. The van der Waals surface area contributed by atoms with Gasteiger partial charge in [-0.3, -0.25) is 4.31 Å². The van der Waals surface area contributed by atoms with Crippen LogP contribution >= 0.6 is 0 Å². The minimum atomic E-state index is -3.42. The van der Waals surface area contributed by atoms with Crippen molar-refractivity contribution >= 4 is 28.5 Å². The first-order valence-corrected chi connectivity index (χ1v) is 9.04. The monoisotopic (exact) mass is 338 g/mol. The molecule has 126 valence electrons. The molecule has 8 heteroatoms. The van der Waals surface area contributed by atoms with E-state index in [9.17, 15) is 8.42 Å². The molecule has 2 aliphatic heterocycles. The zero-order valence-electron chi connectivity index (χ0n) is 14.5. The Morgan fingerprint density at radius 2 is 1.65 bits per heavy atom. The fourth-order valence-corrected chi connectivity index (χ4v) is 3.97. The molecule has 0 unspecified atom stereocenters. The van der Waals surface area contributed by atoms with Crippen LogP contribution < -0.4 is 9.77 Å². The predicted octanol–water partition coefficient (Wildman–Crippen LogP) is 1.11. The van der Waals surface area contributed by atoms with Gasteiger partial charge in [-0.1, -0.05) is 12.1 Å². The molecule has 0 saturated carbocycles. The number of benzene rings is 1. The van der Waals surface area contributed by atoms with Crippen molar-refractivity contribution in [3.8, 4) is 0 Å². The molecular weight excluding hydrogens is 315 g/mol. The molecule has 1 aromatic rings. The van der Waals surface area contributed by atoms with Gasteiger partial charge in [0.2, 0.25) is 0 Å². The normalized spacial score (nSPS) is 25.5. The van der Waals surface area contributed by atoms with Crippen LogP contribution in [-0.4, -0.2) is 45.1 Å². The van der Waals surface area contributed by atoms with E-state index < -0.39 is 28.5 Å². The van der Waals surface area contributed by atoms with Gasteiger partial charge in [0.1, 0.15) is 0 Å². The van der Waals surface area contributed by atoms with Crippen molar-refractivity contribution in [1.82, 2.24) is 4.31 Å². The van der Waals surface area contributed by atoms with Gasteiger partial charge in [0, 0.05) is 20.6 Å². The summed E-state index contributed by atoms with van der Waals surface area (Å²) in [6.45, 7) is 8.40. The second-order valence-corrected chi connectivity index (χ2v) is 9.27. The van der Waals surface area contributed by atoms with Gasteiger partial charge >= 0.3 is 17.3 Å². The van der Waals surface area contributed by atoms with Crippen molar-refractivity contribution < 1.29 is 17.7 Å². The Bertz CT molecular complexity index is 732. The lowest BCUT2D eigenvalue weighted by Gasteiger charge is -2.33. The van der Waals surface area contributed by atoms with Gasteiger partial charge in [-0.05, 0) is 44.8 Å². The van der Waals surface area contributed by atoms with Crippen molar-refractivity contribution in [3.63, 3.8) is 0 Å². The Kier molecular flexibility index (Phi) is 3.61. The van der Waals surface area contributed by atoms with E-state index in [2.05, 4.69) is 0 Å². The average Bonchev–Trinajstić information content (AvgIpc) is 2.65. The standard InChI is InChI=1S/C15H23BN2O4S/c1-14(2)15(3,4)22-16(21-14)12-7-8-13-11(9-12)10-17(5)23(19,20)18(13)6/h7-9H,10H2,1-6H3. The van der Waals surface area contributed by atoms with E-state index in [0.717, 1.165) is 11.0 Å². The highest BCUT2D eigenvalue weighted by atomic mass is 32.2. The molecular formula is C15H23BN2O4S. The maximum atomic E-state index is 12.2. The fraction of sp³-hybridized carbons (Fsp3) is 0.600. The highest BCUT2D eigenvalue weighted by Gasteiger charge is 2.51. The van der Waals surface area contributed by atoms with E-state index in [1.807, 2.05) is 45.9 Å². The first kappa shape index (κ1) is 16.8. The summed E-state index contributed by atoms with van der Waals surface area (Å²) in [4.78, 5) is 0. The molecule has 23 heavy (non-hydrogen) atoms. The predicted molar refractivity (Wildman–Crippen MR) is 90.9 cm³/mol. The maximum Gasteiger partial charge on any atom is 0.494 e. The van der Waals surface area contributed by atoms with E-state index in [1.165, 1.54) is 8.61 Å². The number of hydrogen-bond donors (Lipinski definition) is 0. The largest absolute Gasteiger partial charge is 0.494 e. The highest BCUT2D eigenvalue weighted by Crippen LogP contribution is 2.37. The average molecular weight is 338 g/mol. The SMILES string of the molecule is CN1Cc2cc(B3OC(C)(C)C(C)(C)O3)ccc2N(C)S1(=O)=O. The summed E-state index contributed by atoms with van der Waals surface area (Å²) in [5, 5.41) is 0. The lowest BCUT2D eigenvalue weighted by molar-refractivity contribution is 0.00578. The summed E-state index contributed by atoms with van der Waals surface area (Å²) in [5.41, 5.74) is 1.75. The first-order valence-electron chi connectivity index (χ1n) is 7.64. The topological polar surface area (TPSA) is 59.1 Å². The van der Waals surface area contributed by atoms with Crippen LogP contribution in [0.1, 0.15) is 33.3 Å². The molecule has 0 aliphatic carbocycles. The Balaban J connectivity index is 1.96. The Hall–Kier alpha value is -1.09. The van der Waals surface area contributed by atoms with Gasteiger partial charge in [0.25, 0.3) is 0 Å². The number of nitrogens with zero attached hydrogens (tertiary/aromatic N) is 2. The third-order valence-electron chi connectivity index (χ3n) is 5.10. The molecule has 0 atom stereocenters. The third-order valence-corrected chi connectivity index (χ3v) is 6.91. The van der Waals surface area contributed by atoms with Crippen LogP contribution in [0.4, 0.5) is 5.69 Å². The molecule has 1 saturated heterocycles. The number of anilines is 1. The third kappa shape index (κ3) is 2.48. The van der Waals surface area contributed by atoms with Gasteiger partial charge < -0.3 is 9.31 Å². The zero-order chi connectivity index (χ0) is 17.2. The second kappa shape index (κ2) is 4.96. The molecule has 0 spiro atoms. The molecule has 1 fully saturated rings.